The summed E-state index contributed by atoms with van der Waals surface area (Å²) < 4.78 is 0. The van der Waals surface area contributed by atoms with E-state index < -0.39 is 0 Å². The third kappa shape index (κ3) is 2.44. The number of carbonyl (C=O) groups excluding carboxylic acids is 2. The zero-order valence-electron chi connectivity index (χ0n) is 15.0. The molecule has 5 rings (SSSR count). The van der Waals surface area contributed by atoms with Gasteiger partial charge in [-0.2, -0.15) is 5.10 Å². The lowest BCUT2D eigenvalue weighted by Gasteiger charge is -2.22. The lowest BCUT2D eigenvalue weighted by atomic mass is 9.94. The van der Waals surface area contributed by atoms with Crippen LogP contribution in [-0.2, 0) is 4.79 Å². The van der Waals surface area contributed by atoms with Gasteiger partial charge in [0, 0.05) is 37.2 Å². The summed E-state index contributed by atoms with van der Waals surface area (Å²) in [6.07, 6.45) is 0. The van der Waals surface area contributed by atoms with E-state index in [0.29, 0.717) is 18.8 Å². The van der Waals surface area contributed by atoms with E-state index in [1.165, 1.54) is 5.56 Å². The van der Waals surface area contributed by atoms with E-state index in [9.17, 15) is 9.59 Å². The third-order valence-electron chi connectivity index (χ3n) is 5.94. The van der Waals surface area contributed by atoms with Crippen LogP contribution in [0.3, 0.4) is 0 Å². The molecule has 3 aromatic rings. The zero-order chi connectivity index (χ0) is 18.5. The van der Waals surface area contributed by atoms with Gasteiger partial charge in [0.25, 0.3) is 5.91 Å². The van der Waals surface area contributed by atoms with E-state index in [-0.39, 0.29) is 29.7 Å². The van der Waals surface area contributed by atoms with Crippen molar-refractivity contribution in [2.24, 2.45) is 5.92 Å². The number of aromatic nitrogens is 2. The van der Waals surface area contributed by atoms with Crippen molar-refractivity contribution in [3.05, 3.63) is 65.4 Å². The normalized spacial score (nSPS) is 23.3. The number of H-pyrrole nitrogens is 1. The van der Waals surface area contributed by atoms with E-state index in [1.54, 1.807) is 6.92 Å². The first-order valence-electron chi connectivity index (χ1n) is 9.22. The van der Waals surface area contributed by atoms with Crippen LogP contribution in [0, 0.1) is 5.92 Å². The lowest BCUT2D eigenvalue weighted by molar-refractivity contribution is -0.128. The zero-order valence-corrected chi connectivity index (χ0v) is 15.0. The predicted molar refractivity (Wildman–Crippen MR) is 101 cm³/mol. The molecule has 2 aromatic carbocycles. The van der Waals surface area contributed by atoms with Crippen molar-refractivity contribution >= 4 is 22.7 Å². The summed E-state index contributed by atoms with van der Waals surface area (Å²) >= 11 is 0. The molecule has 0 spiro atoms. The highest BCUT2D eigenvalue weighted by atomic mass is 16.2. The molecule has 6 nitrogen and oxygen atoms in total. The first kappa shape index (κ1) is 16.1. The van der Waals surface area contributed by atoms with E-state index in [1.807, 2.05) is 41.3 Å². The second-order valence-corrected chi connectivity index (χ2v) is 7.39. The average molecular weight is 360 g/mol. The van der Waals surface area contributed by atoms with Gasteiger partial charge in [0.1, 0.15) is 0 Å². The van der Waals surface area contributed by atoms with Crippen LogP contribution in [-0.4, -0.2) is 40.0 Å². The highest BCUT2D eigenvalue weighted by Gasteiger charge is 2.47. The lowest BCUT2D eigenvalue weighted by Crippen LogP contribution is -2.34. The molecule has 2 aliphatic rings. The van der Waals surface area contributed by atoms with Crippen molar-refractivity contribution in [2.45, 2.75) is 18.9 Å². The highest BCUT2D eigenvalue weighted by Crippen LogP contribution is 2.49. The molecule has 1 aliphatic carbocycles. The van der Waals surface area contributed by atoms with Crippen LogP contribution >= 0.6 is 0 Å². The number of nitrogens with zero attached hydrogens (tertiary/aromatic N) is 2. The summed E-state index contributed by atoms with van der Waals surface area (Å²) in [5, 5.41) is 11.2. The summed E-state index contributed by atoms with van der Waals surface area (Å²) in [7, 11) is 0. The smallest absolute Gasteiger partial charge is 0.272 e. The fourth-order valence-electron chi connectivity index (χ4n) is 4.65. The summed E-state index contributed by atoms with van der Waals surface area (Å²) in [5.41, 5.74) is 3.65. The molecule has 27 heavy (non-hydrogen) atoms. The maximum Gasteiger partial charge on any atom is 0.272 e. The molecular formula is C21H20N4O2. The minimum absolute atomic E-state index is 0.0882. The van der Waals surface area contributed by atoms with Crippen LogP contribution in [0.1, 0.15) is 40.5 Å². The number of fused-ring (bicyclic) bond motifs is 4. The van der Waals surface area contributed by atoms with E-state index in [4.69, 9.17) is 0 Å². The fraction of sp³-hybridized carbons (Fsp3) is 0.286. The molecule has 0 unspecified atom stereocenters. The molecule has 6 heteroatoms. The Morgan fingerprint density at radius 3 is 2.63 bits per heavy atom. The van der Waals surface area contributed by atoms with Gasteiger partial charge in [-0.15, -0.1) is 0 Å². The van der Waals surface area contributed by atoms with Crippen molar-refractivity contribution in [1.29, 1.82) is 0 Å². The molecule has 3 atom stereocenters. The average Bonchev–Trinajstić information content (AvgIpc) is 3.36. The van der Waals surface area contributed by atoms with Crippen LogP contribution in [0.5, 0.6) is 0 Å². The topological polar surface area (TPSA) is 78.1 Å². The monoisotopic (exact) mass is 360 g/mol. The van der Waals surface area contributed by atoms with Crippen molar-refractivity contribution < 1.29 is 9.59 Å². The standard InChI is InChI=1S/C21H20N4O2/c1-12(26)25-10-16-13-6-2-3-7-14(13)19(17(16)11-25)22-21(27)20-15-8-4-5-9-18(15)23-24-20/h2-9,16-17,19H,10-11H2,1H3,(H,22,27)(H,23,24)/t16-,17-,19-/m0/s1. The Morgan fingerprint density at radius 2 is 1.81 bits per heavy atom. The molecule has 2 heterocycles. The van der Waals surface area contributed by atoms with Crippen molar-refractivity contribution in [1.82, 2.24) is 20.4 Å². The molecule has 0 radical (unpaired) electrons. The van der Waals surface area contributed by atoms with Gasteiger partial charge in [0.15, 0.2) is 5.69 Å². The Kier molecular flexibility index (Phi) is 3.53. The van der Waals surface area contributed by atoms with Crippen molar-refractivity contribution in [2.75, 3.05) is 13.1 Å². The maximum atomic E-state index is 13.0. The fourth-order valence-corrected chi connectivity index (χ4v) is 4.65. The molecule has 136 valence electrons. The van der Waals surface area contributed by atoms with Gasteiger partial charge in [0.2, 0.25) is 5.91 Å². The first-order chi connectivity index (χ1) is 13.1. The number of hydrogen-bond donors (Lipinski definition) is 2. The maximum absolute atomic E-state index is 13.0. The minimum atomic E-state index is -0.186. The van der Waals surface area contributed by atoms with Crippen molar-refractivity contribution in [3.63, 3.8) is 0 Å². The summed E-state index contributed by atoms with van der Waals surface area (Å²) in [5.74, 6) is 0.367. The largest absolute Gasteiger partial charge is 0.343 e. The van der Waals surface area contributed by atoms with Gasteiger partial charge in [-0.1, -0.05) is 42.5 Å². The van der Waals surface area contributed by atoms with E-state index >= 15 is 0 Å². The molecular weight excluding hydrogens is 340 g/mol. The second kappa shape index (κ2) is 5.94. The van der Waals surface area contributed by atoms with Gasteiger partial charge < -0.3 is 10.2 Å². The minimum Gasteiger partial charge on any atom is -0.343 e. The van der Waals surface area contributed by atoms with Crippen LogP contribution in [0.25, 0.3) is 10.9 Å². The number of rotatable bonds is 2. The Labute approximate surface area is 156 Å². The third-order valence-corrected chi connectivity index (χ3v) is 5.94. The van der Waals surface area contributed by atoms with Crippen LogP contribution < -0.4 is 5.32 Å². The number of hydrogen-bond acceptors (Lipinski definition) is 3. The Hall–Kier alpha value is -3.15. The molecule has 2 N–H and O–H groups in total. The molecule has 2 amide bonds. The highest BCUT2D eigenvalue weighted by molar-refractivity contribution is 6.04. The second-order valence-electron chi connectivity index (χ2n) is 7.39. The quantitative estimate of drug-likeness (QED) is 0.737. The van der Waals surface area contributed by atoms with Gasteiger partial charge in [-0.25, -0.2) is 0 Å². The Balaban J connectivity index is 1.48. The number of amides is 2. The predicted octanol–water partition coefficient (Wildman–Crippen LogP) is 2.61. The SMILES string of the molecule is CC(=O)N1C[C@H]2[C@@H](C1)c1ccccc1[C@@H]2NC(=O)c1n[nH]c2ccccc12. The summed E-state index contributed by atoms with van der Waals surface area (Å²) in [4.78, 5) is 26.8. The van der Waals surface area contributed by atoms with E-state index in [2.05, 4.69) is 27.6 Å². The van der Waals surface area contributed by atoms with Crippen LogP contribution in [0.15, 0.2) is 48.5 Å². The summed E-state index contributed by atoms with van der Waals surface area (Å²) in [6.45, 7) is 2.99. The molecule has 0 bridgehead atoms. The van der Waals surface area contributed by atoms with Gasteiger partial charge in [-0.05, 0) is 17.2 Å². The number of likely N-dealkylation sites (tertiary alicyclic amines) is 1. The summed E-state index contributed by atoms with van der Waals surface area (Å²) in [6, 6.07) is 15.7. The van der Waals surface area contributed by atoms with E-state index in [0.717, 1.165) is 16.5 Å². The Bertz CT molecular complexity index is 1060. The molecule has 1 aromatic heterocycles. The van der Waals surface area contributed by atoms with Crippen LogP contribution in [0.4, 0.5) is 0 Å². The van der Waals surface area contributed by atoms with Crippen molar-refractivity contribution in [3.8, 4) is 0 Å². The molecule has 1 fully saturated rings. The van der Waals surface area contributed by atoms with Crippen LogP contribution in [0.2, 0.25) is 0 Å². The number of carbonyl (C=O) groups is 2. The number of para-hydroxylation sites is 1. The number of benzene rings is 2. The molecule has 1 aliphatic heterocycles. The number of aromatic amines is 1. The Morgan fingerprint density at radius 1 is 1.07 bits per heavy atom. The molecule has 0 saturated carbocycles. The van der Waals surface area contributed by atoms with Gasteiger partial charge in [0.05, 0.1) is 11.6 Å². The molecule has 1 saturated heterocycles. The van der Waals surface area contributed by atoms with Gasteiger partial charge >= 0.3 is 0 Å². The number of nitrogens with one attached hydrogen (secondary N) is 2. The first-order valence-corrected chi connectivity index (χ1v) is 9.22. The van der Waals surface area contributed by atoms with Gasteiger partial charge in [-0.3, -0.25) is 14.7 Å².